The Morgan fingerprint density at radius 1 is 1.05 bits per heavy atom. The minimum atomic E-state index is 0.224. The summed E-state index contributed by atoms with van der Waals surface area (Å²) in [6.45, 7) is 2.89. The second-order valence-corrected chi connectivity index (χ2v) is 6.23. The molecule has 0 radical (unpaired) electrons. The van der Waals surface area contributed by atoms with Gasteiger partial charge in [-0.1, -0.05) is 58.4 Å². The number of benzene rings is 2. The summed E-state index contributed by atoms with van der Waals surface area (Å²) in [6, 6.07) is 19.6. The normalized spacial score (nSPS) is 13.9. The van der Waals surface area contributed by atoms with Crippen LogP contribution in [-0.4, -0.2) is 19.8 Å². The molecule has 2 unspecified atom stereocenters. The standard InChI is InChI=1S/C18H22BrNO/c1-14(12-15-8-10-17(19)11-9-15)20-18(13-21-2)16-6-4-3-5-7-16/h3-11,14,18,20H,12-13H2,1-2H3. The molecule has 2 aromatic carbocycles. The molecule has 2 nitrogen and oxygen atoms in total. The first-order valence-corrected chi connectivity index (χ1v) is 8.02. The Balaban J connectivity index is 1.98. The molecule has 0 aliphatic rings. The average Bonchev–Trinajstić information content (AvgIpc) is 2.50. The first-order chi connectivity index (χ1) is 10.2. The molecule has 112 valence electrons. The lowest BCUT2D eigenvalue weighted by atomic mass is 10.0. The van der Waals surface area contributed by atoms with E-state index in [2.05, 4.69) is 76.7 Å². The maximum absolute atomic E-state index is 5.36. The molecule has 0 spiro atoms. The number of rotatable bonds is 7. The van der Waals surface area contributed by atoms with Crippen molar-refractivity contribution in [1.29, 1.82) is 0 Å². The molecule has 21 heavy (non-hydrogen) atoms. The van der Waals surface area contributed by atoms with Crippen molar-refractivity contribution in [3.8, 4) is 0 Å². The predicted molar refractivity (Wildman–Crippen MR) is 91.5 cm³/mol. The largest absolute Gasteiger partial charge is 0.383 e. The monoisotopic (exact) mass is 347 g/mol. The van der Waals surface area contributed by atoms with Crippen LogP contribution in [0.15, 0.2) is 59.1 Å². The zero-order chi connectivity index (χ0) is 15.1. The average molecular weight is 348 g/mol. The van der Waals surface area contributed by atoms with E-state index in [-0.39, 0.29) is 6.04 Å². The molecule has 0 amide bonds. The number of hydrogen-bond acceptors (Lipinski definition) is 2. The van der Waals surface area contributed by atoms with Gasteiger partial charge in [0.05, 0.1) is 12.6 Å². The van der Waals surface area contributed by atoms with E-state index in [1.807, 2.05) is 6.07 Å². The second kappa shape index (κ2) is 8.32. The van der Waals surface area contributed by atoms with Gasteiger partial charge in [0.15, 0.2) is 0 Å². The Morgan fingerprint density at radius 2 is 1.71 bits per heavy atom. The fraction of sp³-hybridized carbons (Fsp3) is 0.333. The predicted octanol–water partition coefficient (Wildman–Crippen LogP) is 4.36. The Kier molecular flexibility index (Phi) is 6.43. The van der Waals surface area contributed by atoms with Crippen LogP contribution in [0.1, 0.15) is 24.1 Å². The van der Waals surface area contributed by atoms with Gasteiger partial charge in [-0.25, -0.2) is 0 Å². The second-order valence-electron chi connectivity index (χ2n) is 5.32. The van der Waals surface area contributed by atoms with Gasteiger partial charge in [-0.3, -0.25) is 0 Å². The van der Waals surface area contributed by atoms with Crippen LogP contribution in [0.2, 0.25) is 0 Å². The van der Waals surface area contributed by atoms with Crippen molar-refractivity contribution in [2.45, 2.75) is 25.4 Å². The van der Waals surface area contributed by atoms with E-state index < -0.39 is 0 Å². The van der Waals surface area contributed by atoms with Crippen molar-refractivity contribution >= 4 is 15.9 Å². The molecule has 2 aromatic rings. The van der Waals surface area contributed by atoms with E-state index in [1.165, 1.54) is 11.1 Å². The Hall–Kier alpha value is -1.16. The molecule has 0 bridgehead atoms. The van der Waals surface area contributed by atoms with E-state index >= 15 is 0 Å². The molecule has 0 heterocycles. The van der Waals surface area contributed by atoms with Crippen molar-refractivity contribution in [2.75, 3.05) is 13.7 Å². The Bertz CT molecular complexity index is 527. The van der Waals surface area contributed by atoms with Crippen LogP contribution in [0.3, 0.4) is 0 Å². The fourth-order valence-electron chi connectivity index (χ4n) is 2.47. The molecular weight excluding hydrogens is 326 g/mol. The van der Waals surface area contributed by atoms with E-state index in [1.54, 1.807) is 7.11 Å². The highest BCUT2D eigenvalue weighted by Crippen LogP contribution is 2.16. The van der Waals surface area contributed by atoms with E-state index in [0.717, 1.165) is 10.9 Å². The maximum atomic E-state index is 5.36. The van der Waals surface area contributed by atoms with Crippen molar-refractivity contribution in [1.82, 2.24) is 5.32 Å². The molecule has 0 aliphatic heterocycles. The molecule has 0 saturated carbocycles. The lowest BCUT2D eigenvalue weighted by Gasteiger charge is -2.23. The third-order valence-corrected chi connectivity index (χ3v) is 4.00. The first kappa shape index (κ1) is 16.2. The third-order valence-electron chi connectivity index (χ3n) is 3.48. The first-order valence-electron chi connectivity index (χ1n) is 7.23. The smallest absolute Gasteiger partial charge is 0.0657 e. The Morgan fingerprint density at radius 3 is 2.33 bits per heavy atom. The van der Waals surface area contributed by atoms with Gasteiger partial charge in [-0.2, -0.15) is 0 Å². The molecule has 2 atom stereocenters. The highest BCUT2D eigenvalue weighted by molar-refractivity contribution is 9.10. The van der Waals surface area contributed by atoms with Crippen LogP contribution >= 0.6 is 15.9 Å². The molecule has 0 saturated heterocycles. The van der Waals surface area contributed by atoms with Gasteiger partial charge < -0.3 is 10.1 Å². The van der Waals surface area contributed by atoms with Gasteiger partial charge in [0.1, 0.15) is 0 Å². The lowest BCUT2D eigenvalue weighted by molar-refractivity contribution is 0.162. The summed E-state index contributed by atoms with van der Waals surface area (Å²) in [4.78, 5) is 0. The highest BCUT2D eigenvalue weighted by Gasteiger charge is 2.14. The summed E-state index contributed by atoms with van der Waals surface area (Å²) in [5.41, 5.74) is 2.60. The van der Waals surface area contributed by atoms with Crippen molar-refractivity contribution < 1.29 is 4.74 Å². The summed E-state index contributed by atoms with van der Waals surface area (Å²) in [7, 11) is 1.75. The van der Waals surface area contributed by atoms with Gasteiger partial charge in [0.25, 0.3) is 0 Å². The zero-order valence-electron chi connectivity index (χ0n) is 12.6. The topological polar surface area (TPSA) is 21.3 Å². The van der Waals surface area contributed by atoms with Crippen LogP contribution < -0.4 is 5.32 Å². The summed E-state index contributed by atoms with van der Waals surface area (Å²) in [5.74, 6) is 0. The molecule has 1 N–H and O–H groups in total. The summed E-state index contributed by atoms with van der Waals surface area (Å²) in [5, 5.41) is 3.66. The summed E-state index contributed by atoms with van der Waals surface area (Å²) >= 11 is 3.47. The van der Waals surface area contributed by atoms with Gasteiger partial charge in [-0.15, -0.1) is 0 Å². The molecule has 3 heteroatoms. The van der Waals surface area contributed by atoms with Crippen molar-refractivity contribution in [3.63, 3.8) is 0 Å². The van der Waals surface area contributed by atoms with Crippen LogP contribution in [0, 0.1) is 0 Å². The van der Waals surface area contributed by atoms with Crippen LogP contribution in [0.25, 0.3) is 0 Å². The lowest BCUT2D eigenvalue weighted by Crippen LogP contribution is -2.34. The third kappa shape index (κ3) is 5.27. The SMILES string of the molecule is COCC(NC(C)Cc1ccc(Br)cc1)c1ccccc1. The molecule has 0 fully saturated rings. The molecule has 0 aliphatic carbocycles. The van der Waals surface area contributed by atoms with Crippen LogP contribution in [0.5, 0.6) is 0 Å². The van der Waals surface area contributed by atoms with Gasteiger partial charge >= 0.3 is 0 Å². The van der Waals surface area contributed by atoms with Gasteiger partial charge in [-0.05, 0) is 36.6 Å². The highest BCUT2D eigenvalue weighted by atomic mass is 79.9. The minimum Gasteiger partial charge on any atom is -0.383 e. The van der Waals surface area contributed by atoms with Crippen molar-refractivity contribution in [2.24, 2.45) is 0 Å². The van der Waals surface area contributed by atoms with Crippen LogP contribution in [-0.2, 0) is 11.2 Å². The van der Waals surface area contributed by atoms with Crippen molar-refractivity contribution in [3.05, 3.63) is 70.2 Å². The number of ether oxygens (including phenoxy) is 1. The summed E-state index contributed by atoms with van der Waals surface area (Å²) in [6.07, 6.45) is 1.00. The maximum Gasteiger partial charge on any atom is 0.0657 e. The number of halogens is 1. The van der Waals surface area contributed by atoms with E-state index in [0.29, 0.717) is 12.6 Å². The number of hydrogen-bond donors (Lipinski definition) is 1. The molecular formula is C18H22BrNO. The van der Waals surface area contributed by atoms with E-state index in [4.69, 9.17) is 4.74 Å². The zero-order valence-corrected chi connectivity index (χ0v) is 14.1. The fourth-order valence-corrected chi connectivity index (χ4v) is 2.73. The Labute approximate surface area is 135 Å². The molecule has 0 aromatic heterocycles. The van der Waals surface area contributed by atoms with Gasteiger partial charge in [0.2, 0.25) is 0 Å². The molecule has 2 rings (SSSR count). The number of methoxy groups -OCH3 is 1. The van der Waals surface area contributed by atoms with E-state index in [9.17, 15) is 0 Å². The number of nitrogens with one attached hydrogen (secondary N) is 1. The minimum absolute atomic E-state index is 0.224. The van der Waals surface area contributed by atoms with Gasteiger partial charge in [0, 0.05) is 17.6 Å². The van der Waals surface area contributed by atoms with Crippen LogP contribution in [0.4, 0.5) is 0 Å². The quantitative estimate of drug-likeness (QED) is 0.803. The summed E-state index contributed by atoms with van der Waals surface area (Å²) < 4.78 is 6.48.